The Hall–Kier alpha value is -2.12. The van der Waals surface area contributed by atoms with Gasteiger partial charge in [-0.3, -0.25) is 4.99 Å². The number of aliphatic imine (C=N–C) groups is 1. The van der Waals surface area contributed by atoms with Crippen molar-refractivity contribution in [3.63, 3.8) is 0 Å². The normalized spacial score (nSPS) is 12.1. The summed E-state index contributed by atoms with van der Waals surface area (Å²) in [6.07, 6.45) is 2.73. The van der Waals surface area contributed by atoms with Crippen LogP contribution in [0, 0.1) is 5.82 Å². The molecule has 1 aromatic heterocycles. The minimum absolute atomic E-state index is 0.212. The van der Waals surface area contributed by atoms with Crippen molar-refractivity contribution >= 4 is 16.9 Å². The minimum Gasteiger partial charge on any atom is -0.383 e. The molecule has 6 nitrogen and oxygen atoms in total. The van der Waals surface area contributed by atoms with Gasteiger partial charge in [0.2, 0.25) is 0 Å². The van der Waals surface area contributed by atoms with Crippen LogP contribution in [0.3, 0.4) is 0 Å². The van der Waals surface area contributed by atoms with Gasteiger partial charge in [0.1, 0.15) is 5.82 Å². The van der Waals surface area contributed by atoms with Crippen LogP contribution in [-0.2, 0) is 11.2 Å². The highest BCUT2D eigenvalue weighted by Gasteiger charge is 2.05. The topological polar surface area (TPSA) is 64.7 Å². The summed E-state index contributed by atoms with van der Waals surface area (Å²) < 4.78 is 18.5. The third-order valence-corrected chi connectivity index (χ3v) is 4.10. The Balaban J connectivity index is 1.74. The molecule has 2 aromatic rings. The van der Waals surface area contributed by atoms with Crippen LogP contribution in [0.5, 0.6) is 0 Å². The number of H-pyrrole nitrogens is 1. The first-order valence-corrected chi connectivity index (χ1v) is 8.51. The second kappa shape index (κ2) is 10.0. The average Bonchev–Trinajstić information content (AvgIpc) is 3.00. The molecule has 0 amide bonds. The van der Waals surface area contributed by atoms with E-state index in [-0.39, 0.29) is 5.82 Å². The van der Waals surface area contributed by atoms with E-state index in [2.05, 4.69) is 32.6 Å². The number of hydrogen-bond donors (Lipinski definition) is 3. The molecule has 0 unspecified atom stereocenters. The molecule has 0 spiro atoms. The Morgan fingerprint density at radius 2 is 2.08 bits per heavy atom. The summed E-state index contributed by atoms with van der Waals surface area (Å²) in [7, 11) is 5.53. The van der Waals surface area contributed by atoms with E-state index in [4.69, 9.17) is 4.74 Å². The number of fused-ring (bicyclic) bond motifs is 1. The van der Waals surface area contributed by atoms with Gasteiger partial charge in [0.25, 0.3) is 0 Å². The average molecular weight is 349 g/mol. The van der Waals surface area contributed by atoms with Gasteiger partial charge >= 0.3 is 0 Å². The lowest BCUT2D eigenvalue weighted by Crippen LogP contribution is -2.42. The molecular formula is C18H28FN5O. The van der Waals surface area contributed by atoms with Crippen molar-refractivity contribution in [1.82, 2.24) is 20.5 Å². The highest BCUT2D eigenvalue weighted by atomic mass is 19.1. The van der Waals surface area contributed by atoms with E-state index in [1.807, 2.05) is 6.20 Å². The quantitative estimate of drug-likeness (QED) is 0.475. The summed E-state index contributed by atoms with van der Waals surface area (Å²) in [5.41, 5.74) is 2.05. The molecule has 0 radical (unpaired) electrons. The van der Waals surface area contributed by atoms with Gasteiger partial charge in [-0.2, -0.15) is 0 Å². The van der Waals surface area contributed by atoms with Crippen LogP contribution in [0.1, 0.15) is 5.56 Å². The smallest absolute Gasteiger partial charge is 0.191 e. The third-order valence-electron chi connectivity index (χ3n) is 4.10. The number of hydrogen-bond acceptors (Lipinski definition) is 3. The third kappa shape index (κ3) is 6.03. The number of methoxy groups -OCH3 is 1. The molecule has 25 heavy (non-hydrogen) atoms. The van der Waals surface area contributed by atoms with Gasteiger partial charge in [-0.1, -0.05) is 0 Å². The van der Waals surface area contributed by atoms with Crippen molar-refractivity contribution in [3.05, 3.63) is 35.8 Å². The van der Waals surface area contributed by atoms with E-state index >= 15 is 0 Å². The Labute approximate surface area is 148 Å². The number of likely N-dealkylation sites (N-methyl/N-ethyl adjacent to an activating group) is 1. The molecule has 0 aliphatic heterocycles. The van der Waals surface area contributed by atoms with E-state index < -0.39 is 0 Å². The number of ether oxygens (including phenoxy) is 1. The van der Waals surface area contributed by atoms with Crippen molar-refractivity contribution < 1.29 is 9.13 Å². The zero-order chi connectivity index (χ0) is 18.1. The van der Waals surface area contributed by atoms with Crippen molar-refractivity contribution in [1.29, 1.82) is 0 Å². The minimum atomic E-state index is -0.212. The van der Waals surface area contributed by atoms with Gasteiger partial charge in [0.05, 0.1) is 6.61 Å². The van der Waals surface area contributed by atoms with Crippen LogP contribution < -0.4 is 10.6 Å². The van der Waals surface area contributed by atoms with Crippen LogP contribution in [0.2, 0.25) is 0 Å². The van der Waals surface area contributed by atoms with Gasteiger partial charge < -0.3 is 25.3 Å². The Morgan fingerprint density at radius 1 is 1.28 bits per heavy atom. The Morgan fingerprint density at radius 3 is 2.84 bits per heavy atom. The number of benzene rings is 1. The maximum Gasteiger partial charge on any atom is 0.191 e. The van der Waals surface area contributed by atoms with E-state index in [1.165, 1.54) is 6.07 Å². The lowest BCUT2D eigenvalue weighted by molar-refractivity contribution is 0.162. The lowest BCUT2D eigenvalue weighted by Gasteiger charge is -2.17. The molecule has 138 valence electrons. The molecule has 0 saturated carbocycles. The molecule has 0 fully saturated rings. The maximum atomic E-state index is 13.4. The molecule has 0 aliphatic carbocycles. The van der Waals surface area contributed by atoms with Crippen molar-refractivity contribution in [2.24, 2.45) is 4.99 Å². The van der Waals surface area contributed by atoms with E-state index in [1.54, 1.807) is 26.3 Å². The summed E-state index contributed by atoms with van der Waals surface area (Å²) in [6.45, 7) is 4.07. The molecule has 2 rings (SSSR count). The highest BCUT2D eigenvalue weighted by molar-refractivity contribution is 5.83. The van der Waals surface area contributed by atoms with E-state index in [9.17, 15) is 4.39 Å². The first-order valence-electron chi connectivity index (χ1n) is 8.51. The fraction of sp³-hybridized carbons (Fsp3) is 0.500. The van der Waals surface area contributed by atoms with Gasteiger partial charge in [-0.25, -0.2) is 4.39 Å². The van der Waals surface area contributed by atoms with Gasteiger partial charge in [-0.05, 0) is 37.2 Å². The SMILES string of the molecule is CN=C(NCCc1c[nH]c2ccc(F)cc12)NCCN(C)CCOC. The van der Waals surface area contributed by atoms with Crippen molar-refractivity contribution in [2.75, 3.05) is 54.0 Å². The Kier molecular flexibility index (Phi) is 7.69. The molecule has 7 heteroatoms. The van der Waals surface area contributed by atoms with Crippen LogP contribution in [0.4, 0.5) is 4.39 Å². The standard InChI is InChI=1S/C18H28FN5O/c1-20-18(22-8-9-24(2)10-11-25-3)21-7-6-14-13-23-17-5-4-15(19)12-16(14)17/h4-5,12-13,23H,6-11H2,1-3H3,(H2,20,21,22). The van der Waals surface area contributed by atoms with Crippen LogP contribution >= 0.6 is 0 Å². The number of rotatable bonds is 9. The van der Waals surface area contributed by atoms with Gasteiger partial charge in [0, 0.05) is 57.4 Å². The van der Waals surface area contributed by atoms with Crippen molar-refractivity contribution in [2.45, 2.75) is 6.42 Å². The maximum absolute atomic E-state index is 13.4. The number of guanidine groups is 1. The van der Waals surface area contributed by atoms with Gasteiger partial charge in [0.15, 0.2) is 5.96 Å². The number of nitrogens with zero attached hydrogens (tertiary/aromatic N) is 2. The van der Waals surface area contributed by atoms with Crippen LogP contribution in [-0.4, -0.2) is 69.8 Å². The fourth-order valence-corrected chi connectivity index (χ4v) is 2.62. The molecule has 0 atom stereocenters. The number of aromatic nitrogens is 1. The summed E-state index contributed by atoms with van der Waals surface area (Å²) in [4.78, 5) is 9.60. The molecule has 0 saturated heterocycles. The second-order valence-electron chi connectivity index (χ2n) is 5.98. The molecule has 3 N–H and O–H groups in total. The monoisotopic (exact) mass is 349 g/mol. The number of halogens is 1. The van der Waals surface area contributed by atoms with E-state index in [0.717, 1.165) is 61.6 Å². The molecule has 1 heterocycles. The summed E-state index contributed by atoms with van der Waals surface area (Å²) in [6, 6.07) is 4.81. The highest BCUT2D eigenvalue weighted by Crippen LogP contribution is 2.19. The summed E-state index contributed by atoms with van der Waals surface area (Å²) in [5, 5.41) is 7.52. The fourth-order valence-electron chi connectivity index (χ4n) is 2.62. The second-order valence-corrected chi connectivity index (χ2v) is 5.98. The first-order chi connectivity index (χ1) is 12.1. The zero-order valence-corrected chi connectivity index (χ0v) is 15.2. The van der Waals surface area contributed by atoms with E-state index in [0.29, 0.717) is 0 Å². The number of nitrogens with one attached hydrogen (secondary N) is 3. The predicted octanol–water partition coefficient (Wildman–Crippen LogP) is 1.59. The van der Waals surface area contributed by atoms with Crippen LogP contribution in [0.25, 0.3) is 10.9 Å². The molecule has 0 bridgehead atoms. The summed E-state index contributed by atoms with van der Waals surface area (Å²) >= 11 is 0. The first kappa shape index (κ1) is 19.2. The molecule has 0 aliphatic rings. The molecule has 1 aromatic carbocycles. The Bertz CT molecular complexity index is 685. The summed E-state index contributed by atoms with van der Waals surface area (Å²) in [5.74, 6) is 0.558. The van der Waals surface area contributed by atoms with Crippen molar-refractivity contribution in [3.8, 4) is 0 Å². The van der Waals surface area contributed by atoms with Gasteiger partial charge in [-0.15, -0.1) is 0 Å². The largest absolute Gasteiger partial charge is 0.383 e. The molecular weight excluding hydrogens is 321 g/mol. The van der Waals surface area contributed by atoms with Crippen LogP contribution in [0.15, 0.2) is 29.4 Å². The lowest BCUT2D eigenvalue weighted by atomic mass is 10.1. The predicted molar refractivity (Wildman–Crippen MR) is 101 cm³/mol. The number of aromatic amines is 1. The zero-order valence-electron chi connectivity index (χ0n) is 15.2.